The van der Waals surface area contributed by atoms with Crippen molar-refractivity contribution < 1.29 is 13.2 Å². The Morgan fingerprint density at radius 1 is 1.15 bits per heavy atom. The molecule has 1 aliphatic rings. The number of carbonyl (C=O) groups excluding carboxylic acids is 1. The van der Waals surface area contributed by atoms with Gasteiger partial charge in [0.25, 0.3) is 10.0 Å². The van der Waals surface area contributed by atoms with Crippen molar-refractivity contribution in [3.05, 3.63) is 48.0 Å². The molecule has 2 N–H and O–H groups in total. The SMILES string of the molecule is CCC1Sc2ccc(S(=O)(=O)Nc3ccc(C(C)C)cc3)cc2NC1=O. The maximum Gasteiger partial charge on any atom is 0.261 e. The first-order chi connectivity index (χ1) is 12.3. The molecular formula is C19H22N2O3S2. The van der Waals surface area contributed by atoms with Crippen LogP contribution in [0.2, 0.25) is 0 Å². The van der Waals surface area contributed by atoms with Gasteiger partial charge in [0.05, 0.1) is 15.8 Å². The highest BCUT2D eigenvalue weighted by Crippen LogP contribution is 2.38. The van der Waals surface area contributed by atoms with E-state index in [1.165, 1.54) is 17.8 Å². The van der Waals surface area contributed by atoms with Crippen molar-refractivity contribution >= 4 is 39.1 Å². The molecule has 1 amide bonds. The molecule has 0 bridgehead atoms. The smallest absolute Gasteiger partial charge is 0.261 e. The first-order valence-corrected chi connectivity index (χ1v) is 10.9. The lowest BCUT2D eigenvalue weighted by Gasteiger charge is -2.23. The molecule has 7 heteroatoms. The molecule has 5 nitrogen and oxygen atoms in total. The number of amides is 1. The summed E-state index contributed by atoms with van der Waals surface area (Å²) in [6.07, 6.45) is 0.726. The molecule has 2 aromatic rings. The van der Waals surface area contributed by atoms with Crippen LogP contribution in [0.15, 0.2) is 52.3 Å². The van der Waals surface area contributed by atoms with Crippen LogP contribution in [0.1, 0.15) is 38.7 Å². The van der Waals surface area contributed by atoms with E-state index < -0.39 is 10.0 Å². The number of carbonyl (C=O) groups is 1. The maximum atomic E-state index is 12.7. The number of benzene rings is 2. The van der Waals surface area contributed by atoms with Crippen LogP contribution in [0, 0.1) is 0 Å². The minimum atomic E-state index is -3.73. The van der Waals surface area contributed by atoms with Gasteiger partial charge in [-0.1, -0.05) is 32.9 Å². The topological polar surface area (TPSA) is 75.3 Å². The van der Waals surface area contributed by atoms with Crippen molar-refractivity contribution in [3.8, 4) is 0 Å². The van der Waals surface area contributed by atoms with Crippen molar-refractivity contribution in [3.63, 3.8) is 0 Å². The summed E-state index contributed by atoms with van der Waals surface area (Å²) in [5, 5.41) is 2.67. The highest BCUT2D eigenvalue weighted by Gasteiger charge is 2.27. The van der Waals surface area contributed by atoms with Crippen LogP contribution in [0.3, 0.4) is 0 Å². The average molecular weight is 391 g/mol. The third-order valence-corrected chi connectivity index (χ3v) is 7.10. The number of nitrogens with one attached hydrogen (secondary N) is 2. The molecule has 0 saturated carbocycles. The maximum absolute atomic E-state index is 12.7. The largest absolute Gasteiger partial charge is 0.324 e. The Morgan fingerprint density at radius 3 is 2.46 bits per heavy atom. The Hall–Kier alpha value is -1.99. The molecule has 1 unspecified atom stereocenters. The number of thioether (sulfide) groups is 1. The Morgan fingerprint density at radius 2 is 1.85 bits per heavy atom. The van der Waals surface area contributed by atoms with Crippen molar-refractivity contribution in [2.75, 3.05) is 10.0 Å². The molecule has 0 spiro atoms. The first kappa shape index (κ1) is 18.8. The molecule has 1 atom stereocenters. The summed E-state index contributed by atoms with van der Waals surface area (Å²) in [6, 6.07) is 12.2. The van der Waals surface area contributed by atoms with Crippen LogP contribution in [0.25, 0.3) is 0 Å². The van der Waals surface area contributed by atoms with Gasteiger partial charge in [0, 0.05) is 10.6 Å². The quantitative estimate of drug-likeness (QED) is 0.792. The zero-order chi connectivity index (χ0) is 18.9. The molecule has 0 aromatic heterocycles. The van der Waals surface area contributed by atoms with Gasteiger partial charge in [0.1, 0.15) is 0 Å². The summed E-state index contributed by atoms with van der Waals surface area (Å²) in [5.74, 6) is 0.297. The second kappa shape index (κ2) is 7.32. The molecule has 2 aromatic carbocycles. The molecule has 26 heavy (non-hydrogen) atoms. The minimum Gasteiger partial charge on any atom is -0.324 e. The lowest BCUT2D eigenvalue weighted by Crippen LogP contribution is -2.28. The Labute approximate surface area is 158 Å². The Bertz CT molecular complexity index is 922. The van der Waals surface area contributed by atoms with Gasteiger partial charge >= 0.3 is 0 Å². The predicted octanol–water partition coefficient (Wildman–Crippen LogP) is 4.43. The molecule has 0 radical (unpaired) electrons. The zero-order valence-electron chi connectivity index (χ0n) is 14.9. The van der Waals surface area contributed by atoms with E-state index in [0.717, 1.165) is 16.9 Å². The molecular weight excluding hydrogens is 368 g/mol. The summed E-state index contributed by atoms with van der Waals surface area (Å²) in [5.41, 5.74) is 2.20. The van der Waals surface area contributed by atoms with Gasteiger partial charge in [0.15, 0.2) is 0 Å². The van der Waals surface area contributed by atoms with Gasteiger partial charge in [-0.3, -0.25) is 9.52 Å². The van der Waals surface area contributed by atoms with E-state index in [1.54, 1.807) is 24.3 Å². The standard InChI is InChI=1S/C19H22N2O3S2/c1-4-17-19(22)20-16-11-15(9-10-18(16)25-17)26(23,24)21-14-7-5-13(6-8-14)12(2)3/h5-12,17,21H,4H2,1-3H3,(H,20,22). The van der Waals surface area contributed by atoms with Gasteiger partial charge in [-0.25, -0.2) is 8.42 Å². The minimum absolute atomic E-state index is 0.0863. The fraction of sp³-hybridized carbons (Fsp3) is 0.316. The zero-order valence-corrected chi connectivity index (χ0v) is 16.6. The van der Waals surface area contributed by atoms with Gasteiger partial charge in [-0.05, 0) is 48.2 Å². The van der Waals surface area contributed by atoms with Crippen molar-refractivity contribution in [2.45, 2.75) is 48.2 Å². The van der Waals surface area contributed by atoms with Crippen LogP contribution < -0.4 is 10.0 Å². The fourth-order valence-electron chi connectivity index (χ4n) is 2.72. The average Bonchev–Trinajstić information content (AvgIpc) is 2.60. The second-order valence-electron chi connectivity index (χ2n) is 6.54. The van der Waals surface area contributed by atoms with Crippen molar-refractivity contribution in [1.29, 1.82) is 0 Å². The molecule has 138 valence electrons. The highest BCUT2D eigenvalue weighted by molar-refractivity contribution is 8.01. The molecule has 1 heterocycles. The third-order valence-electron chi connectivity index (χ3n) is 4.28. The molecule has 1 aliphatic heterocycles. The number of rotatable bonds is 5. The Kier molecular flexibility index (Phi) is 5.29. The Balaban J connectivity index is 1.84. The summed E-state index contributed by atoms with van der Waals surface area (Å²) >= 11 is 1.47. The number of hydrogen-bond donors (Lipinski definition) is 2. The normalized spacial score (nSPS) is 16.9. The van der Waals surface area contributed by atoms with Crippen LogP contribution in [0.5, 0.6) is 0 Å². The van der Waals surface area contributed by atoms with Gasteiger partial charge < -0.3 is 5.32 Å². The highest BCUT2D eigenvalue weighted by atomic mass is 32.2. The molecule has 0 fully saturated rings. The van der Waals surface area contributed by atoms with Crippen LogP contribution >= 0.6 is 11.8 Å². The van der Waals surface area contributed by atoms with Crippen LogP contribution in [-0.4, -0.2) is 19.6 Å². The van der Waals surface area contributed by atoms with E-state index >= 15 is 0 Å². The van der Waals surface area contributed by atoms with Crippen molar-refractivity contribution in [2.24, 2.45) is 0 Å². The number of anilines is 2. The summed E-state index contributed by atoms with van der Waals surface area (Å²) in [4.78, 5) is 13.0. The summed E-state index contributed by atoms with van der Waals surface area (Å²) in [6.45, 7) is 6.12. The van der Waals surface area contributed by atoms with E-state index in [-0.39, 0.29) is 16.1 Å². The number of fused-ring (bicyclic) bond motifs is 1. The van der Waals surface area contributed by atoms with E-state index in [0.29, 0.717) is 17.3 Å². The second-order valence-corrected chi connectivity index (χ2v) is 9.47. The van der Waals surface area contributed by atoms with Crippen LogP contribution in [-0.2, 0) is 14.8 Å². The monoisotopic (exact) mass is 390 g/mol. The predicted molar refractivity (Wildman–Crippen MR) is 106 cm³/mol. The van der Waals surface area contributed by atoms with Crippen LogP contribution in [0.4, 0.5) is 11.4 Å². The molecule has 0 aliphatic carbocycles. The van der Waals surface area contributed by atoms with E-state index in [2.05, 4.69) is 23.9 Å². The molecule has 3 rings (SSSR count). The lowest BCUT2D eigenvalue weighted by atomic mass is 10.0. The lowest BCUT2D eigenvalue weighted by molar-refractivity contribution is -0.115. The first-order valence-electron chi connectivity index (χ1n) is 8.54. The summed E-state index contributed by atoms with van der Waals surface area (Å²) < 4.78 is 27.9. The number of hydrogen-bond acceptors (Lipinski definition) is 4. The fourth-order valence-corrected chi connectivity index (χ4v) is 4.82. The van der Waals surface area contributed by atoms with E-state index in [4.69, 9.17) is 0 Å². The van der Waals surface area contributed by atoms with Gasteiger partial charge in [0.2, 0.25) is 5.91 Å². The van der Waals surface area contributed by atoms with E-state index in [1.807, 2.05) is 19.1 Å². The molecule has 0 saturated heterocycles. The van der Waals surface area contributed by atoms with Crippen molar-refractivity contribution in [1.82, 2.24) is 0 Å². The van der Waals surface area contributed by atoms with Gasteiger partial charge in [-0.2, -0.15) is 0 Å². The van der Waals surface area contributed by atoms with E-state index in [9.17, 15) is 13.2 Å². The third kappa shape index (κ3) is 3.88. The summed E-state index contributed by atoms with van der Waals surface area (Å²) in [7, 11) is -3.73. The van der Waals surface area contributed by atoms with Gasteiger partial charge in [-0.15, -0.1) is 11.8 Å². The number of sulfonamides is 1.